The van der Waals surface area contributed by atoms with Gasteiger partial charge in [0.15, 0.2) is 0 Å². The van der Waals surface area contributed by atoms with Gasteiger partial charge in [-0.3, -0.25) is 14.5 Å². The van der Waals surface area contributed by atoms with Crippen LogP contribution in [0.1, 0.15) is 6.42 Å². The van der Waals surface area contributed by atoms with Crippen molar-refractivity contribution in [2.45, 2.75) is 12.5 Å². The molecule has 1 fully saturated rings. The van der Waals surface area contributed by atoms with Gasteiger partial charge < -0.3 is 10.4 Å². The van der Waals surface area contributed by atoms with Crippen molar-refractivity contribution in [3.8, 4) is 6.07 Å². The van der Waals surface area contributed by atoms with Crippen LogP contribution in [-0.2, 0) is 9.59 Å². The Kier molecular flexibility index (Phi) is 3.42. The van der Waals surface area contributed by atoms with Gasteiger partial charge in [-0.1, -0.05) is 0 Å². The highest BCUT2D eigenvalue weighted by Crippen LogP contribution is 2.04. The lowest BCUT2D eigenvalue weighted by Gasteiger charge is -2.31. The van der Waals surface area contributed by atoms with Gasteiger partial charge in [-0.25, -0.2) is 0 Å². The summed E-state index contributed by atoms with van der Waals surface area (Å²) in [4.78, 5) is 23.2. The molecule has 76 valence electrons. The van der Waals surface area contributed by atoms with Gasteiger partial charge in [-0.05, 0) is 0 Å². The summed E-state index contributed by atoms with van der Waals surface area (Å²) in [6.45, 7) is 0.485. The van der Waals surface area contributed by atoms with E-state index in [9.17, 15) is 9.59 Å². The number of hydrogen-bond acceptors (Lipinski definition) is 4. The molecule has 1 amide bonds. The van der Waals surface area contributed by atoms with Crippen molar-refractivity contribution < 1.29 is 14.7 Å². The summed E-state index contributed by atoms with van der Waals surface area (Å²) in [5, 5.41) is 19.7. The lowest BCUT2D eigenvalue weighted by Crippen LogP contribution is -2.57. The van der Waals surface area contributed by atoms with Gasteiger partial charge in [0.25, 0.3) is 0 Å². The van der Waals surface area contributed by atoms with Crippen molar-refractivity contribution in [2.75, 3.05) is 19.6 Å². The maximum atomic E-state index is 11.0. The van der Waals surface area contributed by atoms with Crippen LogP contribution in [0, 0.1) is 11.3 Å². The second-order valence-electron chi connectivity index (χ2n) is 3.04. The number of carbonyl (C=O) groups is 2. The molecule has 0 aliphatic carbocycles. The summed E-state index contributed by atoms with van der Waals surface area (Å²) >= 11 is 0. The van der Waals surface area contributed by atoms with Gasteiger partial charge >= 0.3 is 5.97 Å². The molecule has 0 saturated carbocycles. The van der Waals surface area contributed by atoms with Crippen molar-refractivity contribution in [2.24, 2.45) is 0 Å². The number of rotatable bonds is 3. The minimum absolute atomic E-state index is 0.0542. The van der Waals surface area contributed by atoms with Crippen molar-refractivity contribution in [1.82, 2.24) is 10.2 Å². The summed E-state index contributed by atoms with van der Waals surface area (Å²) in [5.74, 6) is -1.16. The number of nitrogens with one attached hydrogen (secondary N) is 1. The van der Waals surface area contributed by atoms with Crippen LogP contribution >= 0.6 is 0 Å². The van der Waals surface area contributed by atoms with Crippen LogP contribution in [0.5, 0.6) is 0 Å². The molecular weight excluding hydrogens is 186 g/mol. The predicted octanol–water partition coefficient (Wildman–Crippen LogP) is -1.21. The van der Waals surface area contributed by atoms with E-state index in [-0.39, 0.29) is 25.4 Å². The fourth-order valence-corrected chi connectivity index (χ4v) is 1.36. The number of carboxylic acid groups (broad SMARTS) is 1. The lowest BCUT2D eigenvalue weighted by atomic mass is 10.2. The standard InChI is InChI=1S/C8H11N3O3/c9-2-1-3-11-5-7(12)10-4-6(11)8(13)14/h6H,1,3-5H2,(H,10,12)(H,13,14). The average Bonchev–Trinajstić information content (AvgIpc) is 2.14. The van der Waals surface area contributed by atoms with E-state index < -0.39 is 12.0 Å². The number of piperazine rings is 1. The maximum absolute atomic E-state index is 11.0. The Labute approximate surface area is 81.1 Å². The van der Waals surface area contributed by atoms with E-state index in [1.807, 2.05) is 6.07 Å². The Balaban J connectivity index is 2.59. The lowest BCUT2D eigenvalue weighted by molar-refractivity contribution is -0.145. The summed E-state index contributed by atoms with van der Waals surface area (Å²) in [5.41, 5.74) is 0. The van der Waals surface area contributed by atoms with E-state index in [1.54, 1.807) is 0 Å². The van der Waals surface area contributed by atoms with Crippen molar-refractivity contribution in [3.63, 3.8) is 0 Å². The first-order chi connectivity index (χ1) is 6.65. The first-order valence-electron chi connectivity index (χ1n) is 4.25. The Bertz CT molecular complexity index is 284. The largest absolute Gasteiger partial charge is 0.480 e. The van der Waals surface area contributed by atoms with Gasteiger partial charge in [0.05, 0.1) is 12.6 Å². The highest BCUT2D eigenvalue weighted by Gasteiger charge is 2.31. The van der Waals surface area contributed by atoms with Crippen molar-refractivity contribution >= 4 is 11.9 Å². The molecule has 6 nitrogen and oxygen atoms in total. The zero-order valence-electron chi connectivity index (χ0n) is 7.56. The molecule has 1 aliphatic rings. The van der Waals surface area contributed by atoms with Gasteiger partial charge in [0, 0.05) is 19.5 Å². The minimum Gasteiger partial charge on any atom is -0.480 e. The van der Waals surface area contributed by atoms with Crippen molar-refractivity contribution in [3.05, 3.63) is 0 Å². The molecule has 1 heterocycles. The van der Waals surface area contributed by atoms with E-state index in [0.717, 1.165) is 0 Å². The summed E-state index contributed by atoms with van der Waals surface area (Å²) in [6, 6.07) is 1.22. The van der Waals surface area contributed by atoms with E-state index in [2.05, 4.69) is 5.32 Å². The SMILES string of the molecule is N#CCCN1CC(=O)NCC1C(=O)O. The highest BCUT2D eigenvalue weighted by atomic mass is 16.4. The number of amides is 1. The summed E-state index contributed by atoms with van der Waals surface area (Å²) < 4.78 is 0. The number of nitrogens with zero attached hydrogens (tertiary/aromatic N) is 2. The summed E-state index contributed by atoms with van der Waals surface area (Å²) in [7, 11) is 0. The van der Waals surface area contributed by atoms with Crippen LogP contribution in [-0.4, -0.2) is 47.6 Å². The molecule has 1 atom stereocenters. The minimum atomic E-state index is -0.970. The van der Waals surface area contributed by atoms with Crippen LogP contribution in [0.4, 0.5) is 0 Å². The molecule has 6 heteroatoms. The monoisotopic (exact) mass is 197 g/mol. The zero-order chi connectivity index (χ0) is 10.6. The van der Waals surface area contributed by atoms with E-state index in [1.165, 1.54) is 4.90 Å². The van der Waals surface area contributed by atoms with Crippen LogP contribution in [0.3, 0.4) is 0 Å². The molecule has 1 aliphatic heterocycles. The highest BCUT2D eigenvalue weighted by molar-refractivity contribution is 5.83. The normalized spacial score (nSPS) is 22.5. The van der Waals surface area contributed by atoms with Gasteiger partial charge in [-0.15, -0.1) is 0 Å². The maximum Gasteiger partial charge on any atom is 0.322 e. The second-order valence-corrected chi connectivity index (χ2v) is 3.04. The zero-order valence-corrected chi connectivity index (χ0v) is 7.56. The van der Waals surface area contributed by atoms with E-state index in [4.69, 9.17) is 10.4 Å². The molecule has 1 unspecified atom stereocenters. The number of carboxylic acids is 1. The molecule has 0 radical (unpaired) electrons. The van der Waals surface area contributed by atoms with Gasteiger partial charge in [-0.2, -0.15) is 5.26 Å². The van der Waals surface area contributed by atoms with Gasteiger partial charge in [0.2, 0.25) is 5.91 Å². The Hall–Kier alpha value is -1.61. The molecule has 0 aromatic carbocycles. The number of carbonyl (C=O) groups excluding carboxylic acids is 1. The molecule has 1 saturated heterocycles. The third-order valence-corrected chi connectivity index (χ3v) is 2.08. The third kappa shape index (κ3) is 2.44. The molecule has 0 aromatic heterocycles. The average molecular weight is 197 g/mol. The number of hydrogen-bond donors (Lipinski definition) is 2. The van der Waals surface area contributed by atoms with Crippen LogP contribution in [0.2, 0.25) is 0 Å². The molecule has 0 aromatic rings. The summed E-state index contributed by atoms with van der Waals surface area (Å²) in [6.07, 6.45) is 0.233. The van der Waals surface area contributed by atoms with Crippen LogP contribution < -0.4 is 5.32 Å². The first kappa shape index (κ1) is 10.5. The predicted molar refractivity (Wildman–Crippen MR) is 46.2 cm³/mol. The van der Waals surface area contributed by atoms with E-state index >= 15 is 0 Å². The van der Waals surface area contributed by atoms with E-state index in [0.29, 0.717) is 6.54 Å². The molecule has 0 spiro atoms. The molecular formula is C8H11N3O3. The Morgan fingerprint density at radius 2 is 2.50 bits per heavy atom. The fraction of sp³-hybridized carbons (Fsp3) is 0.625. The first-order valence-corrected chi connectivity index (χ1v) is 4.25. The Morgan fingerprint density at radius 1 is 1.79 bits per heavy atom. The second kappa shape index (κ2) is 4.58. The molecule has 14 heavy (non-hydrogen) atoms. The molecule has 0 bridgehead atoms. The molecule has 1 rings (SSSR count). The quantitative estimate of drug-likeness (QED) is 0.591. The smallest absolute Gasteiger partial charge is 0.322 e. The number of nitriles is 1. The van der Waals surface area contributed by atoms with Crippen molar-refractivity contribution in [1.29, 1.82) is 5.26 Å². The van der Waals surface area contributed by atoms with Crippen LogP contribution in [0.15, 0.2) is 0 Å². The van der Waals surface area contributed by atoms with Crippen LogP contribution in [0.25, 0.3) is 0 Å². The number of aliphatic carboxylic acids is 1. The fourth-order valence-electron chi connectivity index (χ4n) is 1.36. The van der Waals surface area contributed by atoms with Gasteiger partial charge in [0.1, 0.15) is 6.04 Å². The third-order valence-electron chi connectivity index (χ3n) is 2.08. The topological polar surface area (TPSA) is 93.4 Å². The Morgan fingerprint density at radius 3 is 3.07 bits per heavy atom. The molecule has 2 N–H and O–H groups in total.